The molecule has 23 heavy (non-hydrogen) atoms. The fraction of sp³-hybridized carbons (Fsp3) is 0.733. The molecule has 0 radical (unpaired) electrons. The Labute approximate surface area is 139 Å². The minimum Gasteiger partial charge on any atom is -0.354 e. The summed E-state index contributed by atoms with van der Waals surface area (Å²) in [6, 6.07) is 2.24. The molecular formula is C15H27N5O2S. The molecule has 2 heterocycles. The van der Waals surface area contributed by atoms with Crippen LogP contribution in [-0.2, 0) is 16.4 Å². The van der Waals surface area contributed by atoms with Gasteiger partial charge in [-0.1, -0.05) is 6.92 Å². The average molecular weight is 341 g/mol. The van der Waals surface area contributed by atoms with E-state index in [0.717, 1.165) is 44.1 Å². The van der Waals surface area contributed by atoms with E-state index in [2.05, 4.69) is 44.4 Å². The second kappa shape index (κ2) is 8.03. The molecular weight excluding hydrogens is 314 g/mol. The van der Waals surface area contributed by atoms with Gasteiger partial charge in [0.05, 0.1) is 5.75 Å². The third-order valence-electron chi connectivity index (χ3n) is 4.31. The molecule has 130 valence electrons. The van der Waals surface area contributed by atoms with Crippen LogP contribution < -0.4 is 9.62 Å². The zero-order valence-electron chi connectivity index (χ0n) is 14.2. The highest BCUT2D eigenvalue weighted by atomic mass is 32.2. The van der Waals surface area contributed by atoms with Gasteiger partial charge in [0.15, 0.2) is 0 Å². The van der Waals surface area contributed by atoms with E-state index in [1.54, 1.807) is 13.3 Å². The Morgan fingerprint density at radius 3 is 2.52 bits per heavy atom. The second-order valence-electron chi connectivity index (χ2n) is 5.85. The van der Waals surface area contributed by atoms with Crippen molar-refractivity contribution in [1.82, 2.24) is 19.6 Å². The van der Waals surface area contributed by atoms with E-state index < -0.39 is 10.0 Å². The minimum absolute atomic E-state index is 0.126. The summed E-state index contributed by atoms with van der Waals surface area (Å²) >= 11 is 0. The second-order valence-corrected chi connectivity index (χ2v) is 7.94. The van der Waals surface area contributed by atoms with Crippen LogP contribution in [0, 0.1) is 0 Å². The van der Waals surface area contributed by atoms with Crippen LogP contribution in [0.4, 0.5) is 5.82 Å². The molecule has 0 amide bonds. The van der Waals surface area contributed by atoms with Crippen molar-refractivity contribution in [2.24, 2.45) is 0 Å². The van der Waals surface area contributed by atoms with Crippen molar-refractivity contribution >= 4 is 15.8 Å². The van der Waals surface area contributed by atoms with E-state index in [1.165, 1.54) is 0 Å². The number of nitrogens with one attached hydrogen (secondary N) is 1. The lowest BCUT2D eigenvalue weighted by molar-refractivity contribution is 0.198. The van der Waals surface area contributed by atoms with Crippen molar-refractivity contribution in [1.29, 1.82) is 0 Å². The number of hydrogen-bond acceptors (Lipinski definition) is 6. The van der Waals surface area contributed by atoms with Crippen molar-refractivity contribution < 1.29 is 8.42 Å². The smallest absolute Gasteiger partial charge is 0.211 e. The number of piperazine rings is 1. The van der Waals surface area contributed by atoms with Crippen LogP contribution in [0.3, 0.4) is 0 Å². The minimum atomic E-state index is -3.12. The van der Waals surface area contributed by atoms with Gasteiger partial charge in [0.2, 0.25) is 10.0 Å². The number of hydrogen-bond donors (Lipinski definition) is 1. The van der Waals surface area contributed by atoms with E-state index in [4.69, 9.17) is 0 Å². The molecule has 0 aliphatic carbocycles. The Bertz CT molecular complexity index is 600. The van der Waals surface area contributed by atoms with E-state index in [9.17, 15) is 8.42 Å². The maximum absolute atomic E-state index is 11.5. The van der Waals surface area contributed by atoms with Gasteiger partial charge in [0.25, 0.3) is 0 Å². The van der Waals surface area contributed by atoms with Gasteiger partial charge >= 0.3 is 0 Å². The van der Waals surface area contributed by atoms with Gasteiger partial charge in [0.1, 0.15) is 12.1 Å². The number of rotatable bonds is 7. The van der Waals surface area contributed by atoms with Gasteiger partial charge in [-0.3, -0.25) is 4.90 Å². The van der Waals surface area contributed by atoms with E-state index in [-0.39, 0.29) is 11.8 Å². The Kier molecular flexibility index (Phi) is 6.32. The number of aromatic nitrogens is 2. The van der Waals surface area contributed by atoms with Crippen LogP contribution in [0.25, 0.3) is 0 Å². The van der Waals surface area contributed by atoms with Crippen molar-refractivity contribution in [2.75, 3.05) is 43.4 Å². The highest BCUT2D eigenvalue weighted by molar-refractivity contribution is 7.89. The number of aryl methyl sites for hydroxylation is 1. The first-order valence-electron chi connectivity index (χ1n) is 8.22. The fourth-order valence-corrected chi connectivity index (χ4v) is 3.32. The number of anilines is 1. The number of nitrogens with zero attached hydrogens (tertiary/aromatic N) is 4. The molecule has 0 unspecified atom stereocenters. The Hall–Kier alpha value is -1.25. The maximum Gasteiger partial charge on any atom is 0.211 e. The van der Waals surface area contributed by atoms with Crippen LogP contribution in [0.2, 0.25) is 0 Å². The van der Waals surface area contributed by atoms with Gasteiger partial charge in [-0.15, -0.1) is 0 Å². The monoisotopic (exact) mass is 341 g/mol. The third kappa shape index (κ3) is 5.12. The molecule has 0 aromatic carbocycles. The molecule has 8 heteroatoms. The Morgan fingerprint density at radius 1 is 1.22 bits per heavy atom. The molecule has 0 saturated carbocycles. The lowest BCUT2D eigenvalue weighted by Gasteiger charge is -2.38. The molecule has 2 rings (SSSR count). The molecule has 1 aromatic heterocycles. The molecule has 1 aromatic rings. The molecule has 0 bridgehead atoms. The third-order valence-corrected chi connectivity index (χ3v) is 5.68. The van der Waals surface area contributed by atoms with Crippen molar-refractivity contribution in [3.05, 3.63) is 18.1 Å². The van der Waals surface area contributed by atoms with Gasteiger partial charge in [0, 0.05) is 50.5 Å². The van der Waals surface area contributed by atoms with Gasteiger partial charge in [-0.05, 0) is 20.3 Å². The first-order chi connectivity index (χ1) is 10.9. The predicted molar refractivity (Wildman–Crippen MR) is 92.1 cm³/mol. The zero-order valence-corrected chi connectivity index (χ0v) is 15.0. The largest absolute Gasteiger partial charge is 0.354 e. The summed E-state index contributed by atoms with van der Waals surface area (Å²) in [6.45, 7) is 9.86. The molecule has 1 saturated heterocycles. The quantitative estimate of drug-likeness (QED) is 0.778. The summed E-state index contributed by atoms with van der Waals surface area (Å²) in [5.41, 5.74) is 1.06. The van der Waals surface area contributed by atoms with Gasteiger partial charge in [-0.2, -0.15) is 0 Å². The van der Waals surface area contributed by atoms with E-state index in [1.807, 2.05) is 0 Å². The first-order valence-corrected chi connectivity index (χ1v) is 9.87. The molecule has 7 nitrogen and oxygen atoms in total. The predicted octanol–water partition coefficient (Wildman–Crippen LogP) is 0.489. The Morgan fingerprint density at radius 2 is 1.91 bits per heavy atom. The maximum atomic E-state index is 11.5. The van der Waals surface area contributed by atoms with Crippen molar-refractivity contribution in [3.63, 3.8) is 0 Å². The first kappa shape index (κ1) is 18.1. The van der Waals surface area contributed by atoms with Gasteiger partial charge < -0.3 is 4.90 Å². The summed E-state index contributed by atoms with van der Waals surface area (Å²) in [5.74, 6) is 1.11. The zero-order chi connectivity index (χ0) is 16.9. The highest BCUT2D eigenvalue weighted by Crippen LogP contribution is 2.15. The van der Waals surface area contributed by atoms with E-state index >= 15 is 0 Å². The highest BCUT2D eigenvalue weighted by Gasteiger charge is 2.22. The molecule has 0 spiro atoms. The molecule has 1 aliphatic heterocycles. The van der Waals surface area contributed by atoms with Crippen LogP contribution in [-0.4, -0.2) is 67.8 Å². The van der Waals surface area contributed by atoms with Crippen molar-refractivity contribution in [2.45, 2.75) is 33.2 Å². The summed E-state index contributed by atoms with van der Waals surface area (Å²) < 4.78 is 25.7. The lowest BCUT2D eigenvalue weighted by Crippen LogP contribution is -2.52. The van der Waals surface area contributed by atoms with E-state index in [0.29, 0.717) is 6.54 Å². The topological polar surface area (TPSA) is 78.4 Å². The standard InChI is InChI=1S/C15H27N5O2S/c1-4-14-10-15(17-12-16-14)20-8-6-19(7-9-20)13(3)11-18-23(21,22)5-2/h10,12-13,18H,4-9,11H2,1-3H3/t13-/m0/s1. The average Bonchev–Trinajstić information content (AvgIpc) is 2.60. The van der Waals surface area contributed by atoms with Crippen LogP contribution in [0.15, 0.2) is 12.4 Å². The van der Waals surface area contributed by atoms with Crippen molar-refractivity contribution in [3.8, 4) is 0 Å². The Balaban J connectivity index is 1.85. The summed E-state index contributed by atoms with van der Waals surface area (Å²) in [4.78, 5) is 13.2. The number of sulfonamides is 1. The lowest BCUT2D eigenvalue weighted by atomic mass is 10.2. The van der Waals surface area contributed by atoms with Crippen LogP contribution in [0.5, 0.6) is 0 Å². The molecule has 1 N–H and O–H groups in total. The SMILES string of the molecule is CCc1cc(N2CCN([C@@H](C)CNS(=O)(=O)CC)CC2)ncn1. The van der Waals surface area contributed by atoms with Crippen LogP contribution >= 0.6 is 0 Å². The summed E-state index contributed by atoms with van der Waals surface area (Å²) in [7, 11) is -3.12. The fourth-order valence-electron chi connectivity index (χ4n) is 2.62. The summed E-state index contributed by atoms with van der Waals surface area (Å²) in [6.07, 6.45) is 2.53. The summed E-state index contributed by atoms with van der Waals surface area (Å²) in [5, 5.41) is 0. The molecule has 1 aliphatic rings. The van der Waals surface area contributed by atoms with Crippen LogP contribution in [0.1, 0.15) is 26.5 Å². The normalized spacial score (nSPS) is 18.1. The molecule has 1 atom stereocenters. The molecule has 1 fully saturated rings. The van der Waals surface area contributed by atoms with Gasteiger partial charge in [-0.25, -0.2) is 23.1 Å².